The van der Waals surface area contributed by atoms with Crippen molar-refractivity contribution < 1.29 is 22.5 Å². The van der Waals surface area contributed by atoms with E-state index >= 15 is 0 Å². The Balaban J connectivity index is 2.79. The van der Waals surface area contributed by atoms with Crippen LogP contribution < -0.4 is 4.48 Å². The first kappa shape index (κ1) is 19.6. The van der Waals surface area contributed by atoms with Crippen LogP contribution in [0.2, 0.25) is 0 Å². The molecule has 1 N–H and O–H groups in total. The maximum absolute atomic E-state index is 11.0. The number of likely N-dealkylation sites (N-methyl/N-ethyl adjacent to an activating group) is 1. The number of esters is 1. The summed E-state index contributed by atoms with van der Waals surface area (Å²) in [6.45, 7) is 5.91. The van der Waals surface area contributed by atoms with Gasteiger partial charge in [-0.25, -0.2) is 0 Å². The van der Waals surface area contributed by atoms with Crippen LogP contribution in [0.3, 0.4) is 0 Å². The highest BCUT2D eigenvalue weighted by Crippen LogP contribution is 2.23. The molecule has 0 bridgehead atoms. The predicted octanol–water partition coefficient (Wildman–Crippen LogP) is 2.24. The molecular formula is C16H26NO5S+. The van der Waals surface area contributed by atoms with Gasteiger partial charge in [0.05, 0.1) is 18.8 Å². The summed E-state index contributed by atoms with van der Waals surface area (Å²) in [6.07, 6.45) is 1.06. The molecule has 1 unspecified atom stereocenters. The zero-order chi connectivity index (χ0) is 17.3. The first-order chi connectivity index (χ1) is 10.8. The maximum atomic E-state index is 11.0. The number of benzene rings is 1. The molecule has 0 aliphatic carbocycles. The first-order valence-electron chi connectivity index (χ1n) is 7.79. The van der Waals surface area contributed by atoms with Crippen LogP contribution in [0.15, 0.2) is 30.3 Å². The lowest BCUT2D eigenvalue weighted by Crippen LogP contribution is -2.52. The summed E-state index contributed by atoms with van der Waals surface area (Å²) < 4.78 is 36.2. The Bertz CT molecular complexity index is 588. The van der Waals surface area contributed by atoms with E-state index in [4.69, 9.17) is 9.29 Å². The minimum absolute atomic E-state index is 0.227. The third-order valence-corrected chi connectivity index (χ3v) is 4.78. The van der Waals surface area contributed by atoms with Gasteiger partial charge in [0.2, 0.25) is 0 Å². The summed E-state index contributed by atoms with van der Waals surface area (Å²) >= 11 is 0. The van der Waals surface area contributed by atoms with E-state index in [9.17, 15) is 13.2 Å². The summed E-state index contributed by atoms with van der Waals surface area (Å²) in [4.78, 5) is 11.0. The quantitative estimate of drug-likeness (QED) is 0.305. The van der Waals surface area contributed by atoms with E-state index in [0.29, 0.717) is 30.5 Å². The number of hydrogen-bond donors (Lipinski definition) is 1. The van der Waals surface area contributed by atoms with Crippen molar-refractivity contribution in [1.82, 2.24) is 4.48 Å². The summed E-state index contributed by atoms with van der Waals surface area (Å²) in [5.74, 6) is -0.534. The highest BCUT2D eigenvalue weighted by molar-refractivity contribution is 7.85. The average Bonchev–Trinajstić information content (AvgIpc) is 2.49. The number of rotatable bonds is 10. The Morgan fingerprint density at radius 2 is 1.83 bits per heavy atom. The second kappa shape index (κ2) is 9.00. The second-order valence-electron chi connectivity index (χ2n) is 5.58. The third-order valence-electron chi connectivity index (χ3n) is 3.97. The van der Waals surface area contributed by atoms with Crippen LogP contribution in [0.4, 0.5) is 5.69 Å². The molecule has 23 heavy (non-hydrogen) atoms. The van der Waals surface area contributed by atoms with Gasteiger partial charge in [-0.05, 0) is 31.9 Å². The van der Waals surface area contributed by atoms with E-state index in [1.54, 1.807) is 0 Å². The first-order valence-corrected chi connectivity index (χ1v) is 9.40. The van der Waals surface area contributed by atoms with E-state index in [-0.39, 0.29) is 11.7 Å². The SMILES string of the molecule is CC[N+](CCCCS(=O)(=O)O)(CCOC(C)=O)c1ccccc1. The van der Waals surface area contributed by atoms with Crippen LogP contribution >= 0.6 is 0 Å². The van der Waals surface area contributed by atoms with Gasteiger partial charge in [0.15, 0.2) is 0 Å². The topological polar surface area (TPSA) is 80.7 Å². The Morgan fingerprint density at radius 1 is 1.17 bits per heavy atom. The number of quaternary nitrogens is 1. The Morgan fingerprint density at radius 3 is 2.35 bits per heavy atom. The molecule has 0 heterocycles. The van der Waals surface area contributed by atoms with Crippen LogP contribution in [-0.2, 0) is 19.6 Å². The molecule has 130 valence electrons. The van der Waals surface area contributed by atoms with E-state index in [1.807, 2.05) is 30.3 Å². The van der Waals surface area contributed by atoms with Gasteiger partial charge >= 0.3 is 5.97 Å². The fourth-order valence-electron chi connectivity index (χ4n) is 2.68. The van der Waals surface area contributed by atoms with Gasteiger partial charge in [-0.1, -0.05) is 18.2 Å². The third kappa shape index (κ3) is 7.11. The van der Waals surface area contributed by atoms with Crippen molar-refractivity contribution in [2.75, 3.05) is 32.0 Å². The molecule has 1 atom stereocenters. The zero-order valence-electron chi connectivity index (χ0n) is 13.8. The van der Waals surface area contributed by atoms with Crippen LogP contribution in [0.5, 0.6) is 0 Å². The fourth-order valence-corrected chi connectivity index (χ4v) is 3.24. The number of ether oxygens (including phenoxy) is 1. The highest BCUT2D eigenvalue weighted by Gasteiger charge is 2.28. The van der Waals surface area contributed by atoms with Crippen molar-refractivity contribution in [3.63, 3.8) is 0 Å². The van der Waals surface area contributed by atoms with Crippen molar-refractivity contribution in [2.45, 2.75) is 26.7 Å². The number of carbonyl (C=O) groups is 1. The van der Waals surface area contributed by atoms with Crippen molar-refractivity contribution in [3.05, 3.63) is 30.3 Å². The van der Waals surface area contributed by atoms with E-state index < -0.39 is 10.1 Å². The lowest BCUT2D eigenvalue weighted by molar-refractivity contribution is -0.141. The molecule has 7 heteroatoms. The monoisotopic (exact) mass is 344 g/mol. The molecule has 0 amide bonds. The van der Waals surface area contributed by atoms with Crippen molar-refractivity contribution in [3.8, 4) is 0 Å². The molecule has 0 aliphatic heterocycles. The molecule has 0 aromatic heterocycles. The highest BCUT2D eigenvalue weighted by atomic mass is 32.2. The van der Waals surface area contributed by atoms with Gasteiger partial charge in [-0.3, -0.25) is 13.8 Å². The Kier molecular flexibility index (Phi) is 7.67. The van der Waals surface area contributed by atoms with Gasteiger partial charge in [-0.2, -0.15) is 8.42 Å². The number of carbonyl (C=O) groups excluding carboxylic acids is 1. The van der Waals surface area contributed by atoms with E-state index in [2.05, 4.69) is 6.92 Å². The molecule has 0 saturated carbocycles. The van der Waals surface area contributed by atoms with Crippen molar-refractivity contribution in [2.24, 2.45) is 0 Å². The van der Waals surface area contributed by atoms with Gasteiger partial charge in [-0.15, -0.1) is 0 Å². The van der Waals surface area contributed by atoms with E-state index in [1.165, 1.54) is 6.92 Å². The molecule has 6 nitrogen and oxygen atoms in total. The summed E-state index contributed by atoms with van der Waals surface area (Å²) in [6, 6.07) is 9.92. The molecular weight excluding hydrogens is 318 g/mol. The van der Waals surface area contributed by atoms with Gasteiger partial charge in [0.1, 0.15) is 18.8 Å². The normalized spacial score (nSPS) is 14.2. The van der Waals surface area contributed by atoms with Gasteiger partial charge in [0.25, 0.3) is 10.1 Å². The molecule has 0 radical (unpaired) electrons. The molecule has 0 spiro atoms. The van der Waals surface area contributed by atoms with Crippen LogP contribution in [-0.4, -0.2) is 50.9 Å². The Hall–Kier alpha value is -1.44. The molecule has 0 saturated heterocycles. The summed E-state index contributed by atoms with van der Waals surface area (Å²) in [5, 5.41) is 0. The van der Waals surface area contributed by atoms with Crippen LogP contribution in [0.25, 0.3) is 0 Å². The maximum Gasteiger partial charge on any atom is 0.302 e. The van der Waals surface area contributed by atoms with Crippen molar-refractivity contribution in [1.29, 1.82) is 0 Å². The zero-order valence-corrected chi connectivity index (χ0v) is 14.6. The van der Waals surface area contributed by atoms with Gasteiger partial charge in [0, 0.05) is 6.92 Å². The smallest absolute Gasteiger partial charge is 0.302 e. The largest absolute Gasteiger partial charge is 0.460 e. The number of unbranched alkanes of at least 4 members (excludes halogenated alkanes) is 1. The molecule has 1 aromatic carbocycles. The molecule has 0 aliphatic rings. The lowest BCUT2D eigenvalue weighted by atomic mass is 10.2. The molecule has 0 fully saturated rings. The number of nitrogens with zero attached hydrogens (tertiary/aromatic N) is 1. The molecule has 1 aromatic rings. The summed E-state index contributed by atoms with van der Waals surface area (Å²) in [7, 11) is -3.92. The van der Waals surface area contributed by atoms with E-state index in [0.717, 1.165) is 18.8 Å². The van der Waals surface area contributed by atoms with Crippen molar-refractivity contribution >= 4 is 21.8 Å². The average molecular weight is 344 g/mol. The predicted molar refractivity (Wildman–Crippen MR) is 90.8 cm³/mol. The number of para-hydroxylation sites is 1. The Labute approximate surface area is 138 Å². The van der Waals surface area contributed by atoms with Crippen LogP contribution in [0.1, 0.15) is 26.7 Å². The minimum Gasteiger partial charge on any atom is -0.460 e. The van der Waals surface area contributed by atoms with Crippen LogP contribution in [0, 0.1) is 0 Å². The summed E-state index contributed by atoms with van der Waals surface area (Å²) in [5.41, 5.74) is 1.11. The lowest BCUT2D eigenvalue weighted by Gasteiger charge is -2.37. The standard InChI is InChI=1S/C16H25NO5S/c1-3-17(12-13-22-15(2)18,16-9-5-4-6-10-16)11-7-8-14-23(19,20)21/h4-6,9-10H,3,7-8,11-14H2,1-2H3/p+1. The molecule has 1 rings (SSSR count). The second-order valence-corrected chi connectivity index (χ2v) is 7.15. The number of hydrogen-bond acceptors (Lipinski definition) is 4. The van der Waals surface area contributed by atoms with Gasteiger partial charge < -0.3 is 4.74 Å². The minimum atomic E-state index is -3.92. The fraction of sp³-hybridized carbons (Fsp3) is 0.562.